The third-order valence-corrected chi connectivity index (χ3v) is 17.2. The molecule has 7 nitrogen and oxygen atoms in total. The maximum absolute atomic E-state index is 6.72. The van der Waals surface area contributed by atoms with Gasteiger partial charge in [0, 0.05) is 26.4 Å². The van der Waals surface area contributed by atoms with Gasteiger partial charge in [-0.15, -0.1) is 0 Å². The van der Waals surface area contributed by atoms with Crippen molar-refractivity contribution in [1.29, 1.82) is 0 Å². The van der Waals surface area contributed by atoms with Crippen molar-refractivity contribution in [2.75, 3.05) is 39.6 Å². The highest BCUT2D eigenvalue weighted by Gasteiger charge is 2.15. The van der Waals surface area contributed by atoms with Crippen molar-refractivity contribution in [2.45, 2.75) is 439 Å². The molecule has 508 valence electrons. The van der Waals surface area contributed by atoms with Gasteiger partial charge in [0.15, 0.2) is 25.2 Å². The van der Waals surface area contributed by atoms with Crippen molar-refractivity contribution < 1.29 is 33.2 Å². The van der Waals surface area contributed by atoms with Gasteiger partial charge in [0.25, 0.3) is 0 Å². The lowest BCUT2D eigenvalue weighted by Crippen LogP contribution is -2.25. The molecule has 0 aromatic rings. The molecule has 0 aliphatic heterocycles. The van der Waals surface area contributed by atoms with Crippen molar-refractivity contribution >= 4 is 0 Å². The molecule has 0 radical (unpaired) electrons. The molecule has 0 heterocycles. The van der Waals surface area contributed by atoms with E-state index in [-0.39, 0.29) is 25.2 Å². The third-order valence-electron chi connectivity index (χ3n) is 17.2. The van der Waals surface area contributed by atoms with E-state index in [1.165, 1.54) is 308 Å². The first kappa shape index (κ1) is 84.2. The van der Waals surface area contributed by atoms with E-state index in [0.717, 1.165) is 104 Å². The highest BCUT2D eigenvalue weighted by atomic mass is 16.8. The van der Waals surface area contributed by atoms with Crippen LogP contribution in [0.5, 0.6) is 0 Å². The Labute approximate surface area is 533 Å². The second-order valence-electron chi connectivity index (χ2n) is 25.9. The van der Waals surface area contributed by atoms with E-state index in [4.69, 9.17) is 33.2 Å². The molecule has 0 fully saturated rings. The van der Waals surface area contributed by atoms with Gasteiger partial charge in [-0.1, -0.05) is 336 Å². The van der Waals surface area contributed by atoms with E-state index in [2.05, 4.69) is 65.8 Å². The van der Waals surface area contributed by atoms with Crippen LogP contribution < -0.4 is 0 Å². The fraction of sp³-hybridized carbons (Fsp3) is 0.949. The van der Waals surface area contributed by atoms with Gasteiger partial charge in [0.05, 0.1) is 13.2 Å². The average molecular weight is 1200 g/mol. The Kier molecular flexibility index (Phi) is 74.9. The number of allylic oxidation sites excluding steroid dienone is 2. The molecule has 0 saturated heterocycles. The van der Waals surface area contributed by atoms with E-state index in [9.17, 15) is 0 Å². The van der Waals surface area contributed by atoms with Gasteiger partial charge < -0.3 is 33.2 Å². The van der Waals surface area contributed by atoms with Crippen LogP contribution in [0.2, 0.25) is 0 Å². The number of hydrogen-bond donors (Lipinski definition) is 0. The minimum absolute atomic E-state index is 0.0194. The van der Waals surface area contributed by atoms with Gasteiger partial charge in [0.2, 0.25) is 0 Å². The van der Waals surface area contributed by atoms with E-state index in [0.29, 0.717) is 0 Å². The summed E-state index contributed by atoms with van der Waals surface area (Å²) < 4.78 is 45.1. The molecular formula is C78H154O7. The van der Waals surface area contributed by atoms with Crippen molar-refractivity contribution in [3.63, 3.8) is 0 Å². The highest BCUT2D eigenvalue weighted by Crippen LogP contribution is 2.20. The minimum atomic E-state index is -0.389. The molecular weight excluding hydrogens is 1050 g/mol. The van der Waals surface area contributed by atoms with Crippen molar-refractivity contribution in [3.05, 3.63) is 24.3 Å². The molecule has 0 aromatic carbocycles. The Bertz CT molecular complexity index is 1120. The maximum atomic E-state index is 6.72. The summed E-state index contributed by atoms with van der Waals surface area (Å²) in [5, 5.41) is 0. The zero-order valence-corrected chi connectivity index (χ0v) is 58.7. The first-order chi connectivity index (χ1) is 42.1. The smallest absolute Gasteiger partial charge is 0.180 e. The van der Waals surface area contributed by atoms with Crippen LogP contribution in [0.4, 0.5) is 0 Å². The normalized spacial score (nSPS) is 12.9. The Morgan fingerprint density at radius 1 is 0.200 bits per heavy atom. The van der Waals surface area contributed by atoms with Gasteiger partial charge in [-0.05, 0) is 102 Å². The fourth-order valence-electron chi connectivity index (χ4n) is 11.4. The molecule has 0 N–H and O–H groups in total. The molecule has 0 bridgehead atoms. The quantitative estimate of drug-likeness (QED) is 0.0341. The van der Waals surface area contributed by atoms with Crippen LogP contribution in [0.15, 0.2) is 24.3 Å². The Morgan fingerprint density at radius 2 is 0.388 bits per heavy atom. The topological polar surface area (TPSA) is 64.6 Å². The lowest BCUT2D eigenvalue weighted by Gasteiger charge is -2.22. The Morgan fingerprint density at radius 3 is 0.624 bits per heavy atom. The van der Waals surface area contributed by atoms with E-state index in [1.54, 1.807) is 0 Å². The molecule has 0 spiro atoms. The van der Waals surface area contributed by atoms with Crippen LogP contribution in [-0.4, -0.2) is 64.8 Å². The highest BCUT2D eigenvalue weighted by molar-refractivity contribution is 4.90. The zero-order chi connectivity index (χ0) is 61.3. The van der Waals surface area contributed by atoms with Gasteiger partial charge in [-0.25, -0.2) is 0 Å². The molecule has 0 aliphatic carbocycles. The SMILES string of the molecule is CCCCCCCCCCOC(C=CCCCCCCCCCC(OCCCCCCCC)OCCCCCCCC)OC(C=CCCCCCCCCCC(OCCCCCCCC)OCCCCCCCC)OCCCCCCCCCC. The van der Waals surface area contributed by atoms with Crippen LogP contribution in [0.25, 0.3) is 0 Å². The zero-order valence-electron chi connectivity index (χ0n) is 58.7. The van der Waals surface area contributed by atoms with Crippen molar-refractivity contribution in [3.8, 4) is 0 Å². The minimum Gasteiger partial charge on any atom is -0.353 e. The van der Waals surface area contributed by atoms with E-state index >= 15 is 0 Å². The van der Waals surface area contributed by atoms with E-state index < -0.39 is 0 Å². The summed E-state index contributed by atoms with van der Waals surface area (Å²) in [6.45, 7) is 18.6. The monoisotopic (exact) mass is 1200 g/mol. The van der Waals surface area contributed by atoms with Crippen molar-refractivity contribution in [1.82, 2.24) is 0 Å². The summed E-state index contributed by atoms with van der Waals surface area (Å²) in [7, 11) is 0. The first-order valence-corrected chi connectivity index (χ1v) is 38.8. The molecule has 0 saturated carbocycles. The number of unbranched alkanes of at least 4 members (excludes halogenated alkanes) is 48. The largest absolute Gasteiger partial charge is 0.353 e. The lowest BCUT2D eigenvalue weighted by molar-refractivity contribution is -0.208. The standard InChI is InChI=1S/C78H154O7/c1-7-13-19-25-31-43-53-63-73-83-77(67-57-47-41-37-33-35-39-45-55-65-75(79-69-59-49-27-21-15-9-3)80-70-60-50-28-22-16-10-4)85-78(84-74-64-54-44-32-26-20-14-8-2)68-58-48-42-38-34-36-40-46-56-66-76(81-71-61-51-29-23-17-11-5)82-72-62-52-30-24-18-12-6/h57-58,67-68,75-78H,7-56,59-66,69-74H2,1-6H3. The number of ether oxygens (including phenoxy) is 7. The van der Waals surface area contributed by atoms with Gasteiger partial charge in [0.1, 0.15) is 0 Å². The number of rotatable bonds is 76. The van der Waals surface area contributed by atoms with E-state index in [1.807, 2.05) is 0 Å². The Hall–Kier alpha value is -0.800. The molecule has 0 aromatic heterocycles. The van der Waals surface area contributed by atoms with Gasteiger partial charge in [-0.3, -0.25) is 0 Å². The fourth-order valence-corrected chi connectivity index (χ4v) is 11.4. The van der Waals surface area contributed by atoms with Crippen molar-refractivity contribution in [2.24, 2.45) is 0 Å². The summed E-state index contributed by atoms with van der Waals surface area (Å²) in [5.74, 6) is 0. The predicted octanol–water partition coefficient (Wildman–Crippen LogP) is 26.3. The summed E-state index contributed by atoms with van der Waals surface area (Å²) in [6, 6.07) is 0. The summed E-state index contributed by atoms with van der Waals surface area (Å²) >= 11 is 0. The lowest BCUT2D eigenvalue weighted by atomic mass is 10.1. The summed E-state index contributed by atoms with van der Waals surface area (Å²) in [4.78, 5) is 0. The van der Waals surface area contributed by atoms with Gasteiger partial charge >= 0.3 is 0 Å². The van der Waals surface area contributed by atoms with Crippen LogP contribution in [0.3, 0.4) is 0 Å². The predicted molar refractivity (Wildman–Crippen MR) is 372 cm³/mol. The second-order valence-corrected chi connectivity index (χ2v) is 25.9. The molecule has 2 atom stereocenters. The molecule has 0 rings (SSSR count). The molecule has 7 heteroatoms. The second kappa shape index (κ2) is 75.7. The maximum Gasteiger partial charge on any atom is 0.180 e. The molecule has 0 amide bonds. The summed E-state index contributed by atoms with van der Waals surface area (Å²) in [5.41, 5.74) is 0. The summed E-state index contributed by atoms with van der Waals surface area (Å²) in [6.07, 6.45) is 82.1. The number of hydrogen-bond acceptors (Lipinski definition) is 7. The third kappa shape index (κ3) is 68.9. The molecule has 2 unspecified atom stereocenters. The van der Waals surface area contributed by atoms with Crippen LogP contribution in [-0.2, 0) is 33.2 Å². The van der Waals surface area contributed by atoms with Gasteiger partial charge in [-0.2, -0.15) is 0 Å². The first-order valence-electron chi connectivity index (χ1n) is 38.8. The molecule has 85 heavy (non-hydrogen) atoms. The molecule has 0 aliphatic rings. The Balaban J connectivity index is 5.20. The van der Waals surface area contributed by atoms with Crippen LogP contribution in [0.1, 0.15) is 414 Å². The van der Waals surface area contributed by atoms with Crippen LogP contribution in [0, 0.1) is 0 Å². The average Bonchev–Trinajstić information content (AvgIpc) is 3.53. The van der Waals surface area contributed by atoms with Crippen LogP contribution >= 0.6 is 0 Å².